The highest BCUT2D eigenvalue weighted by atomic mass is 35.5. The number of sulfone groups is 1. The van der Waals surface area contributed by atoms with Crippen molar-refractivity contribution in [1.29, 1.82) is 0 Å². The molecule has 5 nitrogen and oxygen atoms in total. The first kappa shape index (κ1) is 27.4. The van der Waals surface area contributed by atoms with E-state index in [1.165, 1.54) is 48.5 Å². The van der Waals surface area contributed by atoms with E-state index in [1.807, 2.05) is 0 Å². The predicted octanol–water partition coefficient (Wildman–Crippen LogP) is 6.64. The molecule has 0 saturated heterocycles. The molecule has 2 aromatic carbocycles. The first-order valence-electron chi connectivity index (χ1n) is 10.4. The fourth-order valence-corrected chi connectivity index (χ4v) is 5.84. The topological polar surface area (TPSA) is 70.0 Å². The number of nitrogens with zero attached hydrogens (tertiary/aromatic N) is 2. The average molecular weight is 583 g/mol. The number of alkyl halides is 6. The number of hydrogen-bond acceptors (Lipinski definition) is 6. The summed E-state index contributed by atoms with van der Waals surface area (Å²) in [5.41, 5.74) is -6.15. The Hall–Kier alpha value is -2.61. The molecule has 0 radical (unpaired) electrons. The van der Waals surface area contributed by atoms with Crippen molar-refractivity contribution in [2.24, 2.45) is 5.10 Å². The Morgan fingerprint density at radius 2 is 1.65 bits per heavy atom. The third kappa shape index (κ3) is 4.97. The lowest BCUT2D eigenvalue weighted by Gasteiger charge is -2.31. The maximum atomic E-state index is 13.6. The zero-order chi connectivity index (χ0) is 27.4. The number of rotatable bonds is 5. The molecule has 0 amide bonds. The van der Waals surface area contributed by atoms with Crippen molar-refractivity contribution in [3.63, 3.8) is 0 Å². The molecule has 3 aromatic rings. The summed E-state index contributed by atoms with van der Waals surface area (Å²) in [6.07, 6.45) is -12.0. The van der Waals surface area contributed by atoms with Gasteiger partial charge in [0, 0.05) is 22.4 Å². The molecule has 14 heteroatoms. The van der Waals surface area contributed by atoms with Gasteiger partial charge in [0.25, 0.3) is 5.60 Å². The summed E-state index contributed by atoms with van der Waals surface area (Å²) in [6, 6.07) is 13.7. The van der Waals surface area contributed by atoms with Gasteiger partial charge in [0.05, 0.1) is 27.4 Å². The first-order chi connectivity index (χ1) is 17.0. The van der Waals surface area contributed by atoms with Crippen molar-refractivity contribution in [2.75, 3.05) is 11.3 Å². The fraction of sp³-hybridized carbons (Fsp3) is 0.261. The van der Waals surface area contributed by atoms with Gasteiger partial charge >= 0.3 is 12.4 Å². The average Bonchev–Trinajstić information content (AvgIpc) is 3.44. The summed E-state index contributed by atoms with van der Waals surface area (Å²) in [6.45, 7) is 0. The lowest BCUT2D eigenvalue weighted by molar-refractivity contribution is -0.338. The van der Waals surface area contributed by atoms with Gasteiger partial charge in [-0.05, 0) is 42.0 Å². The quantitative estimate of drug-likeness (QED) is 0.343. The molecule has 2 heterocycles. The van der Waals surface area contributed by atoms with E-state index in [-0.39, 0.29) is 15.6 Å². The van der Waals surface area contributed by atoms with E-state index in [2.05, 4.69) is 5.10 Å². The van der Waals surface area contributed by atoms with Crippen molar-refractivity contribution < 1.29 is 39.9 Å². The minimum atomic E-state index is -6.09. The molecule has 1 aromatic heterocycles. The van der Waals surface area contributed by atoms with E-state index >= 15 is 0 Å². The molecule has 4 rings (SSSR count). The Balaban J connectivity index is 1.81. The van der Waals surface area contributed by atoms with E-state index in [9.17, 15) is 39.9 Å². The number of hydrazone groups is 1. The maximum absolute atomic E-state index is 13.6. The molecule has 37 heavy (non-hydrogen) atoms. The molecule has 0 saturated carbocycles. The lowest BCUT2D eigenvalue weighted by atomic mass is 9.91. The zero-order valence-corrected chi connectivity index (χ0v) is 21.1. The minimum Gasteiger partial charge on any atom is -0.369 e. The second kappa shape index (κ2) is 9.29. The van der Waals surface area contributed by atoms with Gasteiger partial charge in [-0.25, -0.2) is 8.42 Å². The summed E-state index contributed by atoms with van der Waals surface area (Å²) < 4.78 is 105. The number of para-hydroxylation sites is 1. The van der Waals surface area contributed by atoms with Crippen LogP contribution in [0.2, 0.25) is 5.02 Å². The molecule has 198 valence electrons. The van der Waals surface area contributed by atoms with Gasteiger partial charge in [-0.15, -0.1) is 11.3 Å². The molecule has 0 fully saturated rings. The van der Waals surface area contributed by atoms with Crippen LogP contribution in [0.1, 0.15) is 17.3 Å². The summed E-state index contributed by atoms with van der Waals surface area (Å²) in [7, 11) is -3.52. The predicted molar refractivity (Wildman–Crippen MR) is 129 cm³/mol. The first-order valence-corrected chi connectivity index (χ1v) is 13.5. The van der Waals surface area contributed by atoms with E-state index in [0.29, 0.717) is 15.3 Å². The van der Waals surface area contributed by atoms with Crippen LogP contribution in [0.4, 0.5) is 32.0 Å². The number of hydrogen-bond donors (Lipinski definition) is 1. The Morgan fingerprint density at radius 1 is 1.00 bits per heavy atom. The lowest BCUT2D eigenvalue weighted by Crippen LogP contribution is -2.62. The Kier molecular flexibility index (Phi) is 6.89. The largest absolute Gasteiger partial charge is 0.431 e. The second-order valence-corrected chi connectivity index (χ2v) is 11.8. The summed E-state index contributed by atoms with van der Waals surface area (Å²) in [5, 5.41) is 14.6. The zero-order valence-electron chi connectivity index (χ0n) is 18.7. The highest BCUT2D eigenvalue weighted by Crippen LogP contribution is 2.50. The molecule has 1 aliphatic heterocycles. The van der Waals surface area contributed by atoms with Crippen molar-refractivity contribution in [1.82, 2.24) is 0 Å². The fourth-order valence-electron chi connectivity index (χ4n) is 3.87. The number of halogens is 7. The molecule has 1 aliphatic rings. The van der Waals surface area contributed by atoms with Gasteiger partial charge in [-0.3, -0.25) is 5.01 Å². The Bertz CT molecular complexity index is 1450. The third-order valence-corrected chi connectivity index (χ3v) is 8.42. The van der Waals surface area contributed by atoms with E-state index in [0.717, 1.165) is 22.6 Å². The summed E-state index contributed by atoms with van der Waals surface area (Å²) >= 11 is 7.23. The smallest absolute Gasteiger partial charge is 0.369 e. The van der Waals surface area contributed by atoms with Gasteiger partial charge in [0.1, 0.15) is 0 Å². The van der Waals surface area contributed by atoms with Crippen LogP contribution in [-0.4, -0.2) is 43.4 Å². The highest BCUT2D eigenvalue weighted by Gasteiger charge is 2.74. The van der Waals surface area contributed by atoms with Gasteiger partial charge in [0.15, 0.2) is 9.84 Å². The number of aliphatic hydroxyl groups is 1. The second-order valence-electron chi connectivity index (χ2n) is 8.27. The molecular weight excluding hydrogens is 566 g/mol. The van der Waals surface area contributed by atoms with Crippen LogP contribution in [0.5, 0.6) is 0 Å². The Labute approximate surface area is 216 Å². The SMILES string of the molecule is CS(=O)(=O)c1cccc(-c2ccc(C3CC(C(O)(C(F)(F)F)C(F)(F)F)=NN3c3ccccc3Cl)s2)c1. The van der Waals surface area contributed by atoms with Gasteiger partial charge in [-0.2, -0.15) is 31.4 Å². The maximum Gasteiger partial charge on any atom is 0.431 e. The molecule has 1 unspecified atom stereocenters. The van der Waals surface area contributed by atoms with Crippen LogP contribution in [0, 0.1) is 0 Å². The van der Waals surface area contributed by atoms with E-state index in [4.69, 9.17) is 11.6 Å². The van der Waals surface area contributed by atoms with Crippen LogP contribution in [0.3, 0.4) is 0 Å². The summed E-state index contributed by atoms with van der Waals surface area (Å²) in [5.74, 6) is 0. The van der Waals surface area contributed by atoms with Crippen molar-refractivity contribution in [2.45, 2.75) is 35.3 Å². The third-order valence-electron chi connectivity index (χ3n) is 5.75. The van der Waals surface area contributed by atoms with Crippen LogP contribution < -0.4 is 5.01 Å². The van der Waals surface area contributed by atoms with Gasteiger partial charge in [-0.1, -0.05) is 35.9 Å². The molecule has 1 atom stereocenters. The molecule has 0 spiro atoms. The van der Waals surface area contributed by atoms with Crippen molar-refractivity contribution in [3.8, 4) is 10.4 Å². The minimum absolute atomic E-state index is 0.0256. The van der Waals surface area contributed by atoms with Gasteiger partial charge < -0.3 is 5.11 Å². The highest BCUT2D eigenvalue weighted by molar-refractivity contribution is 7.90. The van der Waals surface area contributed by atoms with Crippen molar-refractivity contribution in [3.05, 3.63) is 70.6 Å². The Morgan fingerprint density at radius 3 is 2.24 bits per heavy atom. The van der Waals surface area contributed by atoms with E-state index < -0.39 is 46.0 Å². The summed E-state index contributed by atoms with van der Waals surface area (Å²) in [4.78, 5) is 0.893. The molecule has 1 N–H and O–H groups in total. The van der Waals surface area contributed by atoms with Crippen LogP contribution in [0.15, 0.2) is 70.7 Å². The molecule has 0 bridgehead atoms. The van der Waals surface area contributed by atoms with Crippen LogP contribution in [0.25, 0.3) is 10.4 Å². The number of thiophene rings is 1. The molecular formula is C23H17ClF6N2O3S2. The van der Waals surface area contributed by atoms with Crippen LogP contribution in [-0.2, 0) is 9.84 Å². The number of anilines is 1. The number of benzene rings is 2. The van der Waals surface area contributed by atoms with Crippen LogP contribution >= 0.6 is 22.9 Å². The van der Waals surface area contributed by atoms with Crippen molar-refractivity contribution >= 4 is 44.2 Å². The normalized spacial score (nSPS) is 17.3. The molecule has 0 aliphatic carbocycles. The monoisotopic (exact) mass is 582 g/mol. The van der Waals surface area contributed by atoms with E-state index in [1.54, 1.807) is 12.1 Å². The standard InChI is InChI=1S/C23H17ClF6N2O3S2/c1-37(34,35)14-6-4-5-13(11-14)18-9-10-19(36-18)17-12-20(21(33,22(25,26)27)23(28,29)30)31-32(17)16-8-3-2-7-15(16)24/h2-11,17,33H,12H2,1H3. The van der Waals surface area contributed by atoms with Gasteiger partial charge in [0.2, 0.25) is 0 Å².